The molecule has 13 N–H and O–H groups in total. The number of hydrogen-bond donors (Lipinski definition) is 12. The number of primary amides is 1. The molecule has 11 aliphatic rings. The Labute approximate surface area is 820 Å². The van der Waals surface area contributed by atoms with E-state index in [-0.39, 0.29) is 162 Å². The number of amides is 20. The summed E-state index contributed by atoms with van der Waals surface area (Å²) in [4.78, 5) is 271. The number of ketones is 3. The molecule has 18 atom stereocenters. The van der Waals surface area contributed by atoms with Crippen LogP contribution in [0, 0.1) is 96.1 Å². The van der Waals surface area contributed by atoms with E-state index in [1.54, 1.807) is 9.80 Å². The number of nitrogens with two attached hydrogens (primary N) is 1. The van der Waals surface area contributed by atoms with Gasteiger partial charge in [0.05, 0.1) is 36.3 Å². The number of likely N-dealkylation sites (tertiary alicyclic amines) is 6. The second-order valence-electron chi connectivity index (χ2n) is 49.0. The minimum Gasteiger partial charge on any atom is -0.363 e. The fraction of sp³-hybridized carbons (Fsp3) is 0.782. The molecule has 6 aliphatic heterocycles. The molecule has 11 rings (SSSR count). The maximum Gasteiger partial charge on any atom is 0.315 e. The summed E-state index contributed by atoms with van der Waals surface area (Å²) >= 11 is 0. The number of rotatable bonds is 35. The van der Waals surface area contributed by atoms with Gasteiger partial charge in [0.25, 0.3) is 17.7 Å². The number of piperidine rings is 4. The largest absolute Gasteiger partial charge is 0.363 e. The third-order valence-electron chi connectivity index (χ3n) is 31.2. The van der Waals surface area contributed by atoms with Crippen LogP contribution in [0.1, 0.15) is 276 Å². The summed E-state index contributed by atoms with van der Waals surface area (Å²) in [6.45, 7) is 53.7. The van der Waals surface area contributed by atoms with Crippen LogP contribution in [0.3, 0.4) is 0 Å². The first-order chi connectivity index (χ1) is 64.1. The van der Waals surface area contributed by atoms with Gasteiger partial charge in [-0.1, -0.05) is 218 Å². The number of nitrogens with one attached hydrogen (secondary N) is 11. The summed E-state index contributed by atoms with van der Waals surface area (Å²) in [7, 11) is 1.37. The van der Waals surface area contributed by atoms with Gasteiger partial charge in [-0.3, -0.25) is 91.3 Å². The van der Waals surface area contributed by atoms with Gasteiger partial charge >= 0.3 is 18.1 Å². The van der Waals surface area contributed by atoms with E-state index in [0.717, 1.165) is 44.9 Å². The fourth-order valence-corrected chi connectivity index (χ4v) is 21.2. The summed E-state index contributed by atoms with van der Waals surface area (Å²) in [6, 6.07) is -12.0. The van der Waals surface area contributed by atoms with Crippen molar-refractivity contribution in [3.63, 3.8) is 0 Å². The van der Waals surface area contributed by atoms with E-state index in [9.17, 15) is 95.9 Å². The molecule has 0 bridgehead atoms. The normalized spacial score (nSPS) is 25.2. The number of carbonyl (C=O) groups excluding carboxylic acids is 20. The molecule has 139 heavy (non-hydrogen) atoms. The monoisotopic (exact) mass is 1950 g/mol. The van der Waals surface area contributed by atoms with Gasteiger partial charge in [0.2, 0.25) is 82.3 Å². The van der Waals surface area contributed by atoms with Crippen LogP contribution >= 0.6 is 0 Å². The minimum atomic E-state index is -1.11. The predicted octanol–water partition coefficient (Wildman–Crippen LogP) is 5.59. The first-order valence-corrected chi connectivity index (χ1v) is 50.1. The SMILES string of the molecule is C=CCNC(=O)C(=O)C(CCC)NC(=O)[C@@H]1[C@@H]2[C@H](CN1C(=O)[C@@H](NC(=O)N[C@H](CN1CCCCC1=O)C(C)(C)C)C(C)(C)C)C2(C)C.CC(C)(C)[C@H](NC(=O)N[C@H](CN1C(=O)CCC1=O)C(C)(C)C)C(=O)N1C[C@H]2[C@@H]([C@H]1C(=O)NC(CC1CCC1)C(=O)C(N)=O)C2(C)C.CNC(=O)C(=O)C(CC1CC1)NC(=O)[C@@H]1[C@@H]2[C@H](CN1C(=O)[C@@H](NC(=O)N[C@H](CN1C(=O)CCC1=O)C(C)(C)C)C(C)(C)C)C2(C)C. The average Bonchev–Trinajstić information content (AvgIpc) is 1.53. The van der Waals surface area contributed by atoms with Crippen LogP contribution in [-0.4, -0.2) is 279 Å². The van der Waals surface area contributed by atoms with E-state index in [2.05, 4.69) is 92.8 Å². The Morgan fingerprint density at radius 2 is 0.727 bits per heavy atom. The number of fused-ring (bicyclic) bond motifs is 3. The molecule has 6 heterocycles. The Hall–Kier alpha value is -10.5. The summed E-state index contributed by atoms with van der Waals surface area (Å²) < 4.78 is 0. The minimum absolute atomic E-state index is 0.0155. The molecule has 38 heteroatoms. The van der Waals surface area contributed by atoms with Crippen LogP contribution < -0.4 is 64.2 Å². The zero-order chi connectivity index (χ0) is 105. The second-order valence-corrected chi connectivity index (χ2v) is 49.0. The molecule has 20 amide bonds. The van der Waals surface area contributed by atoms with Gasteiger partial charge in [-0.05, 0) is 128 Å². The Bertz CT molecular complexity index is 4560. The molecule has 5 saturated carbocycles. The third-order valence-corrected chi connectivity index (χ3v) is 31.2. The van der Waals surface area contributed by atoms with Crippen molar-refractivity contribution in [2.75, 3.05) is 59.4 Å². The summed E-state index contributed by atoms with van der Waals surface area (Å²) in [5, 5.41) is 30.6. The number of likely N-dealkylation sites (N-methyl/N-ethyl adjacent to an activating group) is 1. The standard InChI is InChI=1S/C35H58N6O6.2C33H52N6O7/c1-11-15-22(27(43)30(45)36-17-12-2)37-29(44)26-25-21(35(25,9)10)19-41(26)31(46)28(34(6,7)8)39-32(47)38-23(33(3,4)5)20-40-18-14-13-16-24(40)42;1-31(2,3)20(16-38-21(40)12-13-22(38)41)36-30(46)37-26(32(4,5)6)29(45)39-15-18-23(33(18,7)8)24(39)27(43)35-19(14-17-10-11-17)25(42)28(44)34-9;1-31(2,3)20(16-38-21(40)12-13-22(38)41)36-30(46)37-26(32(4,5)6)29(45)39-15-18-23(33(18,7)8)24(39)28(44)35-19(25(42)27(34)43)14-17-10-9-11-17/h12,21-23,25-26,28H,2,11,13-20H2,1,3-10H3,(H,36,45)(H,37,44)(H2,38,39,47);17-20,23-24,26H,10-16H2,1-9H3,(H,34,44)(H,35,43)(H2,36,37,46);17-20,23-24,26H,9-16H2,1-8H3,(H2,34,43)(H,35,44)(H2,36,37,46)/t21-,22?,23+,25-,26-,28+;2*18-,19?,20+,23-,24-,26+/m000/s1. The summed E-state index contributed by atoms with van der Waals surface area (Å²) in [5.41, 5.74) is 1.12. The molecule has 776 valence electrons. The molecule has 0 aromatic carbocycles. The summed E-state index contributed by atoms with van der Waals surface area (Å²) in [6.07, 6.45) is 10.6. The molecule has 38 nitrogen and oxygen atoms in total. The van der Waals surface area contributed by atoms with Crippen molar-refractivity contribution in [1.29, 1.82) is 0 Å². The van der Waals surface area contributed by atoms with Crippen molar-refractivity contribution >= 4 is 118 Å². The number of nitrogens with zero attached hydrogens (tertiary/aromatic N) is 6. The first kappa shape index (κ1) is 112. The van der Waals surface area contributed by atoms with E-state index >= 15 is 0 Å². The molecule has 6 saturated heterocycles. The van der Waals surface area contributed by atoms with Gasteiger partial charge in [-0.2, -0.15) is 0 Å². The van der Waals surface area contributed by atoms with Crippen LogP contribution in [0.2, 0.25) is 0 Å². The number of carbonyl (C=O) groups is 20. The summed E-state index contributed by atoms with van der Waals surface area (Å²) in [5.74, 6) is -8.42. The smallest absolute Gasteiger partial charge is 0.315 e. The van der Waals surface area contributed by atoms with Crippen LogP contribution in [-0.2, 0) is 81.5 Å². The first-order valence-electron chi connectivity index (χ1n) is 50.1. The molecule has 3 unspecified atom stereocenters. The second kappa shape index (κ2) is 43.2. The highest BCUT2D eigenvalue weighted by Crippen LogP contribution is 2.67. The van der Waals surface area contributed by atoms with Gasteiger partial charge in [-0.15, -0.1) is 6.58 Å². The lowest BCUT2D eigenvalue weighted by Crippen LogP contribution is -2.63. The van der Waals surface area contributed by atoms with Crippen LogP contribution in [0.5, 0.6) is 0 Å². The fourth-order valence-electron chi connectivity index (χ4n) is 21.2. The number of hydrogen-bond acceptors (Lipinski definition) is 20. The van der Waals surface area contributed by atoms with Gasteiger partial charge in [-0.25, -0.2) is 14.4 Å². The lowest BCUT2D eigenvalue weighted by atomic mass is 9.80. The molecule has 0 aromatic rings. The van der Waals surface area contributed by atoms with Crippen LogP contribution in [0.15, 0.2) is 12.7 Å². The van der Waals surface area contributed by atoms with E-state index in [1.165, 1.54) is 32.7 Å². The van der Waals surface area contributed by atoms with Crippen molar-refractivity contribution in [2.24, 2.45) is 102 Å². The van der Waals surface area contributed by atoms with E-state index in [1.807, 2.05) is 145 Å². The number of Topliss-reactive ketones (excluding diaryl/α,β-unsaturated/α-hetero) is 3. The number of urea groups is 3. The van der Waals surface area contributed by atoms with Crippen molar-refractivity contribution in [2.45, 2.75) is 348 Å². The van der Waals surface area contributed by atoms with Crippen LogP contribution in [0.4, 0.5) is 14.4 Å². The average molecular weight is 1950 g/mol. The lowest BCUT2D eigenvalue weighted by molar-refractivity contribution is -0.145. The molecule has 0 radical (unpaired) electrons. The van der Waals surface area contributed by atoms with E-state index in [4.69, 9.17) is 5.73 Å². The van der Waals surface area contributed by atoms with Gasteiger partial charge in [0.1, 0.15) is 36.3 Å². The third kappa shape index (κ3) is 26.7. The molecular weight excluding hydrogens is 1790 g/mol. The molecule has 5 aliphatic carbocycles. The van der Waals surface area contributed by atoms with Crippen molar-refractivity contribution in [3.8, 4) is 0 Å². The zero-order valence-corrected chi connectivity index (χ0v) is 87.2. The topological polar surface area (TPSA) is 519 Å². The van der Waals surface area contributed by atoms with Crippen LogP contribution in [0.25, 0.3) is 0 Å². The van der Waals surface area contributed by atoms with Gasteiger partial charge in [0, 0.05) is 91.5 Å². The maximum absolute atomic E-state index is 14.3. The molecule has 11 fully saturated rings. The Morgan fingerprint density at radius 3 is 1.01 bits per heavy atom. The highest BCUT2D eigenvalue weighted by atomic mass is 16.2. The Morgan fingerprint density at radius 1 is 0.403 bits per heavy atom. The predicted molar refractivity (Wildman–Crippen MR) is 517 cm³/mol. The van der Waals surface area contributed by atoms with Gasteiger partial charge in [0.15, 0.2) is 0 Å². The van der Waals surface area contributed by atoms with E-state index in [0.29, 0.717) is 58.4 Å². The van der Waals surface area contributed by atoms with E-state index < -0.39 is 176 Å². The van der Waals surface area contributed by atoms with Crippen molar-refractivity contribution in [3.05, 3.63) is 12.7 Å². The highest BCUT2D eigenvalue weighted by Gasteiger charge is 2.73. The quantitative estimate of drug-likeness (QED) is 0.0209. The molecule has 0 spiro atoms. The van der Waals surface area contributed by atoms with Crippen molar-refractivity contribution in [1.82, 2.24) is 87.9 Å². The zero-order valence-electron chi connectivity index (χ0n) is 87.2. The Balaban J connectivity index is 0.000000233. The lowest BCUT2D eigenvalue weighted by Gasteiger charge is -2.40. The number of imide groups is 2. The van der Waals surface area contributed by atoms with Crippen molar-refractivity contribution < 1.29 is 95.9 Å². The molecule has 0 aromatic heterocycles. The Kier molecular flexibility index (Phi) is 34.8. The molecular formula is C101H162N18O20. The highest BCUT2D eigenvalue weighted by molar-refractivity contribution is 6.39. The maximum atomic E-state index is 14.3. The van der Waals surface area contributed by atoms with Gasteiger partial charge < -0.3 is 83.8 Å².